The van der Waals surface area contributed by atoms with Gasteiger partial charge in [0.2, 0.25) is 5.91 Å². The van der Waals surface area contributed by atoms with Gasteiger partial charge < -0.3 is 15.5 Å². The summed E-state index contributed by atoms with van der Waals surface area (Å²) in [6, 6.07) is 2.45. The second-order valence-corrected chi connectivity index (χ2v) is 5.75. The Morgan fingerprint density at radius 2 is 2.39 bits per heavy atom. The maximum atomic E-state index is 12.0. The number of carbonyl (C=O) groups excluding carboxylic acids is 1. The number of hydrogen-bond donors (Lipinski definition) is 2. The van der Waals surface area contributed by atoms with Crippen LogP contribution in [0.15, 0.2) is 16.7 Å². The third-order valence-electron chi connectivity index (χ3n) is 4.83. The second kappa shape index (κ2) is 4.12. The Balaban J connectivity index is 1.58. The van der Waals surface area contributed by atoms with Crippen LogP contribution in [0, 0.1) is 12.3 Å². The Morgan fingerprint density at radius 3 is 2.89 bits per heavy atom. The van der Waals surface area contributed by atoms with Crippen LogP contribution < -0.4 is 11.1 Å². The summed E-state index contributed by atoms with van der Waals surface area (Å²) in [5.74, 6) is 0.815. The molecule has 0 bridgehead atoms. The van der Waals surface area contributed by atoms with E-state index >= 15 is 0 Å². The van der Waals surface area contributed by atoms with Crippen molar-refractivity contribution < 1.29 is 9.21 Å². The topological polar surface area (TPSA) is 68.3 Å². The zero-order valence-electron chi connectivity index (χ0n) is 10.7. The van der Waals surface area contributed by atoms with Crippen molar-refractivity contribution in [3.05, 3.63) is 23.7 Å². The van der Waals surface area contributed by atoms with Gasteiger partial charge in [-0.15, -0.1) is 0 Å². The first-order valence-corrected chi connectivity index (χ1v) is 6.70. The van der Waals surface area contributed by atoms with E-state index in [1.807, 2.05) is 13.0 Å². The molecule has 0 saturated heterocycles. The highest BCUT2D eigenvalue weighted by Crippen LogP contribution is 2.54. The van der Waals surface area contributed by atoms with E-state index in [9.17, 15) is 4.79 Å². The van der Waals surface area contributed by atoms with E-state index in [0.29, 0.717) is 6.42 Å². The maximum Gasteiger partial charge on any atom is 0.227 e. The molecule has 1 spiro atoms. The van der Waals surface area contributed by atoms with Crippen molar-refractivity contribution in [2.24, 2.45) is 11.1 Å². The highest BCUT2D eigenvalue weighted by molar-refractivity contribution is 5.78. The van der Waals surface area contributed by atoms with Crippen LogP contribution in [0.2, 0.25) is 0 Å². The van der Waals surface area contributed by atoms with Gasteiger partial charge >= 0.3 is 0 Å². The summed E-state index contributed by atoms with van der Waals surface area (Å²) >= 11 is 0. The highest BCUT2D eigenvalue weighted by Gasteiger charge is 2.57. The first-order chi connectivity index (χ1) is 8.62. The average Bonchev–Trinajstić information content (AvgIpc) is 2.61. The molecule has 3 N–H and O–H groups in total. The van der Waals surface area contributed by atoms with E-state index in [2.05, 4.69) is 5.32 Å². The van der Waals surface area contributed by atoms with Crippen LogP contribution in [-0.4, -0.2) is 18.0 Å². The molecule has 0 aliphatic heterocycles. The van der Waals surface area contributed by atoms with E-state index in [-0.39, 0.29) is 23.4 Å². The van der Waals surface area contributed by atoms with Gasteiger partial charge in [-0.05, 0) is 37.8 Å². The molecule has 2 unspecified atom stereocenters. The predicted molar refractivity (Wildman–Crippen MR) is 68.0 cm³/mol. The minimum Gasteiger partial charge on any atom is -0.469 e. The van der Waals surface area contributed by atoms with Gasteiger partial charge in [0.05, 0.1) is 12.7 Å². The van der Waals surface area contributed by atoms with Gasteiger partial charge in [0.1, 0.15) is 5.76 Å². The molecule has 2 aliphatic rings. The summed E-state index contributed by atoms with van der Waals surface area (Å²) in [6.07, 6.45) is 6.46. The van der Waals surface area contributed by atoms with Gasteiger partial charge in [-0.25, -0.2) is 0 Å². The molecular formula is C14H20N2O2. The Kier molecular flexibility index (Phi) is 2.70. The largest absolute Gasteiger partial charge is 0.469 e. The summed E-state index contributed by atoms with van der Waals surface area (Å²) in [6.45, 7) is 1.96. The number of rotatable bonds is 3. The molecule has 2 fully saturated rings. The molecular weight excluding hydrogens is 228 g/mol. The number of amides is 1. The van der Waals surface area contributed by atoms with Crippen molar-refractivity contribution in [1.29, 1.82) is 0 Å². The minimum atomic E-state index is 0.0521. The number of nitrogens with one attached hydrogen (secondary N) is 1. The fourth-order valence-corrected chi connectivity index (χ4v) is 3.30. The lowest BCUT2D eigenvalue weighted by Gasteiger charge is -2.60. The van der Waals surface area contributed by atoms with E-state index < -0.39 is 0 Å². The molecule has 2 saturated carbocycles. The molecule has 1 aromatic rings. The van der Waals surface area contributed by atoms with E-state index in [1.54, 1.807) is 6.26 Å². The Labute approximate surface area is 107 Å². The summed E-state index contributed by atoms with van der Waals surface area (Å²) in [5.41, 5.74) is 7.33. The Bertz CT molecular complexity index is 462. The number of nitrogens with two attached hydrogens (primary N) is 1. The predicted octanol–water partition coefficient (Wildman–Crippen LogP) is 1.52. The van der Waals surface area contributed by atoms with Gasteiger partial charge in [0.15, 0.2) is 0 Å². The zero-order chi connectivity index (χ0) is 12.8. The van der Waals surface area contributed by atoms with Gasteiger partial charge in [0, 0.05) is 17.5 Å². The van der Waals surface area contributed by atoms with Crippen molar-refractivity contribution in [2.45, 2.75) is 51.1 Å². The molecule has 3 rings (SSSR count). The summed E-state index contributed by atoms with van der Waals surface area (Å²) in [7, 11) is 0. The number of hydrogen-bond acceptors (Lipinski definition) is 3. The van der Waals surface area contributed by atoms with Crippen LogP contribution in [0.5, 0.6) is 0 Å². The highest BCUT2D eigenvalue weighted by atomic mass is 16.3. The lowest BCUT2D eigenvalue weighted by atomic mass is 9.50. The summed E-state index contributed by atoms with van der Waals surface area (Å²) in [4.78, 5) is 12.0. The van der Waals surface area contributed by atoms with Crippen LogP contribution in [0.4, 0.5) is 0 Å². The monoisotopic (exact) mass is 248 g/mol. The molecule has 4 heteroatoms. The first-order valence-electron chi connectivity index (χ1n) is 6.70. The molecule has 2 atom stereocenters. The Hall–Kier alpha value is -1.29. The average molecular weight is 248 g/mol. The van der Waals surface area contributed by atoms with Crippen LogP contribution in [-0.2, 0) is 11.2 Å². The van der Waals surface area contributed by atoms with Crippen molar-refractivity contribution in [1.82, 2.24) is 5.32 Å². The number of furan rings is 1. The van der Waals surface area contributed by atoms with E-state index in [0.717, 1.165) is 17.7 Å². The third kappa shape index (κ3) is 1.67. The molecule has 18 heavy (non-hydrogen) atoms. The van der Waals surface area contributed by atoms with Crippen LogP contribution >= 0.6 is 0 Å². The summed E-state index contributed by atoms with van der Waals surface area (Å²) < 4.78 is 5.30. The van der Waals surface area contributed by atoms with Gasteiger partial charge in [0.25, 0.3) is 0 Å². The second-order valence-electron chi connectivity index (χ2n) is 5.75. The van der Waals surface area contributed by atoms with E-state index in [1.165, 1.54) is 19.3 Å². The fraction of sp³-hybridized carbons (Fsp3) is 0.643. The molecule has 0 aromatic carbocycles. The number of carbonyl (C=O) groups is 1. The van der Waals surface area contributed by atoms with Crippen molar-refractivity contribution in [3.63, 3.8) is 0 Å². The van der Waals surface area contributed by atoms with Crippen LogP contribution in [0.3, 0.4) is 0 Å². The molecule has 1 aromatic heterocycles. The van der Waals surface area contributed by atoms with Crippen LogP contribution in [0.25, 0.3) is 0 Å². The minimum absolute atomic E-state index is 0.0521. The van der Waals surface area contributed by atoms with Crippen LogP contribution in [0.1, 0.15) is 37.0 Å². The van der Waals surface area contributed by atoms with Crippen molar-refractivity contribution in [2.75, 3.05) is 0 Å². The molecule has 1 amide bonds. The molecule has 1 heterocycles. The SMILES string of the molecule is Cc1ccoc1CC(=O)NC1CC(N)C12CCC2. The van der Waals surface area contributed by atoms with E-state index in [4.69, 9.17) is 10.2 Å². The molecule has 2 aliphatic carbocycles. The summed E-state index contributed by atoms with van der Waals surface area (Å²) in [5, 5.41) is 3.13. The molecule has 98 valence electrons. The lowest BCUT2D eigenvalue weighted by molar-refractivity contribution is -0.127. The third-order valence-corrected chi connectivity index (χ3v) is 4.83. The fourth-order valence-electron chi connectivity index (χ4n) is 3.30. The lowest BCUT2D eigenvalue weighted by Crippen LogP contribution is -2.70. The van der Waals surface area contributed by atoms with Crippen molar-refractivity contribution >= 4 is 5.91 Å². The van der Waals surface area contributed by atoms with Gasteiger partial charge in [-0.3, -0.25) is 4.79 Å². The molecule has 0 radical (unpaired) electrons. The smallest absolute Gasteiger partial charge is 0.227 e. The maximum absolute atomic E-state index is 12.0. The Morgan fingerprint density at radius 1 is 1.61 bits per heavy atom. The standard InChI is InChI=1S/C14H20N2O2/c1-9-3-6-18-10(9)7-13(17)16-12-8-11(15)14(12)4-2-5-14/h3,6,11-12H,2,4-5,7-8,15H2,1H3,(H,16,17). The zero-order valence-corrected chi connectivity index (χ0v) is 10.7. The normalized spacial score (nSPS) is 28.6. The first kappa shape index (κ1) is 11.8. The van der Waals surface area contributed by atoms with Crippen molar-refractivity contribution in [3.8, 4) is 0 Å². The number of aryl methyl sites for hydroxylation is 1. The van der Waals surface area contributed by atoms with Gasteiger partial charge in [-0.2, -0.15) is 0 Å². The quantitative estimate of drug-likeness (QED) is 0.852. The van der Waals surface area contributed by atoms with Gasteiger partial charge in [-0.1, -0.05) is 6.42 Å². The molecule has 4 nitrogen and oxygen atoms in total.